The van der Waals surface area contributed by atoms with Crippen molar-refractivity contribution in [3.8, 4) is 11.1 Å². The Morgan fingerprint density at radius 2 is 1.97 bits per heavy atom. The second-order valence-electron chi connectivity index (χ2n) is 8.30. The number of carbonyl (C=O) groups excluding carboxylic acids is 2. The second kappa shape index (κ2) is 10.1. The number of rotatable bonds is 6. The van der Waals surface area contributed by atoms with E-state index in [4.69, 9.17) is 11.6 Å². The number of hydrogen-bond donors (Lipinski definition) is 2. The average Bonchev–Trinajstić information content (AvgIpc) is 3.21. The van der Waals surface area contributed by atoms with Crippen LogP contribution in [0.25, 0.3) is 11.1 Å². The van der Waals surface area contributed by atoms with E-state index < -0.39 is 15.9 Å². The molecule has 35 heavy (non-hydrogen) atoms. The van der Waals surface area contributed by atoms with Crippen molar-refractivity contribution in [1.82, 2.24) is 24.8 Å². The van der Waals surface area contributed by atoms with Gasteiger partial charge in [0.2, 0.25) is 10.0 Å². The molecule has 1 aliphatic rings. The van der Waals surface area contributed by atoms with Gasteiger partial charge in [-0.1, -0.05) is 23.7 Å². The molecule has 1 fully saturated rings. The number of benzene rings is 1. The van der Waals surface area contributed by atoms with Crippen LogP contribution in [0.3, 0.4) is 0 Å². The maximum absolute atomic E-state index is 13.6. The summed E-state index contributed by atoms with van der Waals surface area (Å²) in [6.07, 6.45) is 5.73. The number of hydrogen-bond acceptors (Lipinski definition) is 7. The first kappa shape index (κ1) is 24.8. The molecule has 0 spiro atoms. The summed E-state index contributed by atoms with van der Waals surface area (Å²) in [4.78, 5) is 32.2. The largest absolute Gasteiger partial charge is 0.315 e. The van der Waals surface area contributed by atoms with Crippen LogP contribution in [0.4, 0.5) is 5.82 Å². The van der Waals surface area contributed by atoms with E-state index in [0.29, 0.717) is 34.1 Å². The lowest BCUT2D eigenvalue weighted by Crippen LogP contribution is -2.49. The van der Waals surface area contributed by atoms with Crippen LogP contribution in [0.2, 0.25) is 5.02 Å². The average molecular weight is 517 g/mol. The molecule has 2 amide bonds. The number of amides is 2. The molecule has 1 atom stereocenters. The normalized spacial score (nSPS) is 16.0. The van der Waals surface area contributed by atoms with Crippen molar-refractivity contribution in [3.63, 3.8) is 0 Å². The van der Waals surface area contributed by atoms with Gasteiger partial charge in [0, 0.05) is 30.9 Å². The standard InChI is InChI=1S/C23H25ClN6O4S/c1-29-20(22(31)28-35(2,33)34)18(14-27-29)15-7-9-16(10-8-15)23(32)30(17-5-3-11-25-13-17)21-19(24)6-4-12-26-21/h4,6-10,12,14,17,25H,3,5,11,13H2,1-2H3,(H,28,31). The van der Waals surface area contributed by atoms with Crippen molar-refractivity contribution in [1.29, 1.82) is 0 Å². The fourth-order valence-corrected chi connectivity index (χ4v) is 4.76. The molecular weight excluding hydrogens is 492 g/mol. The maximum atomic E-state index is 13.6. The highest BCUT2D eigenvalue weighted by molar-refractivity contribution is 7.89. The summed E-state index contributed by atoms with van der Waals surface area (Å²) in [5.41, 5.74) is 1.56. The summed E-state index contributed by atoms with van der Waals surface area (Å²) < 4.78 is 26.3. The SMILES string of the molecule is Cn1ncc(-c2ccc(C(=O)N(c3ncccc3Cl)C3CCCNC3)cc2)c1C(=O)NS(C)(=O)=O. The monoisotopic (exact) mass is 516 g/mol. The van der Waals surface area contributed by atoms with Gasteiger partial charge >= 0.3 is 0 Å². The third kappa shape index (κ3) is 5.53. The Kier molecular flexibility index (Phi) is 7.20. The van der Waals surface area contributed by atoms with Gasteiger partial charge in [-0.3, -0.25) is 19.2 Å². The molecule has 10 nitrogen and oxygen atoms in total. The highest BCUT2D eigenvalue weighted by Gasteiger charge is 2.30. The molecule has 0 saturated carbocycles. The van der Waals surface area contributed by atoms with Crippen LogP contribution in [-0.4, -0.2) is 60.4 Å². The maximum Gasteiger partial charge on any atom is 0.283 e. The molecule has 1 unspecified atom stereocenters. The lowest BCUT2D eigenvalue weighted by molar-refractivity contribution is 0.0963. The zero-order valence-electron chi connectivity index (χ0n) is 19.2. The van der Waals surface area contributed by atoms with Crippen LogP contribution in [0.1, 0.15) is 33.7 Å². The van der Waals surface area contributed by atoms with Gasteiger partial charge in [-0.2, -0.15) is 5.10 Å². The van der Waals surface area contributed by atoms with Crippen molar-refractivity contribution in [2.24, 2.45) is 7.05 Å². The van der Waals surface area contributed by atoms with Crippen LogP contribution in [-0.2, 0) is 17.1 Å². The first-order chi connectivity index (χ1) is 16.7. The summed E-state index contributed by atoms with van der Waals surface area (Å²) >= 11 is 6.40. The summed E-state index contributed by atoms with van der Waals surface area (Å²) in [5, 5.41) is 7.81. The van der Waals surface area contributed by atoms with Gasteiger partial charge in [0.25, 0.3) is 11.8 Å². The van der Waals surface area contributed by atoms with Crippen LogP contribution >= 0.6 is 11.6 Å². The number of nitrogens with zero attached hydrogens (tertiary/aromatic N) is 4. The summed E-state index contributed by atoms with van der Waals surface area (Å²) in [6, 6.07) is 10.0. The Morgan fingerprint density at radius 3 is 2.60 bits per heavy atom. The number of anilines is 1. The fraction of sp³-hybridized carbons (Fsp3) is 0.304. The van der Waals surface area contributed by atoms with Crippen molar-refractivity contribution in [2.45, 2.75) is 18.9 Å². The molecular formula is C23H25ClN6O4S. The van der Waals surface area contributed by atoms with Crippen LogP contribution in [0, 0.1) is 0 Å². The molecule has 2 aromatic heterocycles. The third-order valence-electron chi connectivity index (χ3n) is 5.70. The highest BCUT2D eigenvalue weighted by atomic mass is 35.5. The minimum absolute atomic E-state index is 0.0877. The van der Waals surface area contributed by atoms with E-state index in [2.05, 4.69) is 15.4 Å². The minimum atomic E-state index is -3.75. The predicted molar refractivity (Wildman–Crippen MR) is 133 cm³/mol. The first-order valence-electron chi connectivity index (χ1n) is 10.9. The van der Waals surface area contributed by atoms with E-state index in [1.165, 1.54) is 10.9 Å². The number of carbonyl (C=O) groups is 2. The number of pyridine rings is 1. The third-order valence-corrected chi connectivity index (χ3v) is 6.55. The van der Waals surface area contributed by atoms with Crippen LogP contribution < -0.4 is 14.9 Å². The van der Waals surface area contributed by atoms with E-state index in [0.717, 1.165) is 25.6 Å². The Morgan fingerprint density at radius 1 is 1.23 bits per heavy atom. The van der Waals surface area contributed by atoms with E-state index in [1.54, 1.807) is 54.5 Å². The number of sulfonamides is 1. The molecule has 3 aromatic rings. The Balaban J connectivity index is 1.66. The van der Waals surface area contributed by atoms with Gasteiger partial charge in [0.1, 0.15) is 5.69 Å². The summed E-state index contributed by atoms with van der Waals surface area (Å²) in [5.74, 6) is -0.626. The van der Waals surface area contributed by atoms with Gasteiger partial charge in [0.05, 0.1) is 23.5 Å². The molecule has 4 rings (SSSR count). The van der Waals surface area contributed by atoms with Gasteiger partial charge in [-0.25, -0.2) is 18.1 Å². The molecule has 12 heteroatoms. The zero-order valence-corrected chi connectivity index (χ0v) is 20.8. The van der Waals surface area contributed by atoms with Gasteiger partial charge in [-0.15, -0.1) is 0 Å². The highest BCUT2D eigenvalue weighted by Crippen LogP contribution is 2.29. The Bertz CT molecular complexity index is 1350. The number of aromatic nitrogens is 3. The molecule has 0 aliphatic carbocycles. The zero-order chi connectivity index (χ0) is 25.2. The molecule has 2 N–H and O–H groups in total. The summed E-state index contributed by atoms with van der Waals surface area (Å²) in [6.45, 7) is 1.52. The van der Waals surface area contributed by atoms with Crippen molar-refractivity contribution in [2.75, 3.05) is 24.2 Å². The van der Waals surface area contributed by atoms with E-state index in [9.17, 15) is 18.0 Å². The molecule has 184 valence electrons. The van der Waals surface area contributed by atoms with E-state index >= 15 is 0 Å². The lowest BCUT2D eigenvalue weighted by Gasteiger charge is -2.34. The second-order valence-corrected chi connectivity index (χ2v) is 10.5. The van der Waals surface area contributed by atoms with Crippen molar-refractivity contribution in [3.05, 3.63) is 65.1 Å². The van der Waals surface area contributed by atoms with Gasteiger partial charge in [0.15, 0.2) is 5.82 Å². The number of piperidine rings is 1. The van der Waals surface area contributed by atoms with Crippen molar-refractivity contribution < 1.29 is 18.0 Å². The molecule has 3 heterocycles. The molecule has 0 radical (unpaired) electrons. The Hall–Kier alpha value is -3.28. The van der Waals surface area contributed by atoms with Crippen LogP contribution in [0.5, 0.6) is 0 Å². The Labute approximate surface area is 208 Å². The molecule has 1 saturated heterocycles. The van der Waals surface area contributed by atoms with E-state index in [-0.39, 0.29) is 17.6 Å². The fourth-order valence-electron chi connectivity index (χ4n) is 4.11. The van der Waals surface area contributed by atoms with Crippen LogP contribution in [0.15, 0.2) is 48.8 Å². The van der Waals surface area contributed by atoms with Gasteiger partial charge in [-0.05, 0) is 49.2 Å². The van der Waals surface area contributed by atoms with E-state index in [1.807, 2.05) is 4.72 Å². The smallest absolute Gasteiger partial charge is 0.283 e. The lowest BCUT2D eigenvalue weighted by atomic mass is 10.0. The quantitative estimate of drug-likeness (QED) is 0.514. The molecule has 1 aliphatic heterocycles. The topological polar surface area (TPSA) is 126 Å². The molecule has 1 aromatic carbocycles. The number of aryl methyl sites for hydroxylation is 1. The minimum Gasteiger partial charge on any atom is -0.315 e. The summed E-state index contributed by atoms with van der Waals surface area (Å²) in [7, 11) is -2.20. The number of nitrogens with one attached hydrogen (secondary N) is 2. The van der Waals surface area contributed by atoms with Gasteiger partial charge < -0.3 is 5.32 Å². The van der Waals surface area contributed by atoms with Crippen molar-refractivity contribution >= 4 is 39.3 Å². The predicted octanol–water partition coefficient (Wildman–Crippen LogP) is 2.22. The number of halogens is 1. The molecule has 0 bridgehead atoms. The first-order valence-corrected chi connectivity index (χ1v) is 13.2.